The van der Waals surface area contributed by atoms with Crippen LogP contribution in [0.2, 0.25) is 0 Å². The van der Waals surface area contributed by atoms with Gasteiger partial charge in [0, 0.05) is 17.4 Å². The van der Waals surface area contributed by atoms with Crippen LogP contribution >= 0.6 is 0 Å². The first kappa shape index (κ1) is 12.9. The molecule has 1 aromatic carbocycles. The summed E-state index contributed by atoms with van der Waals surface area (Å²) in [5, 5.41) is 0.710. The molecule has 0 bridgehead atoms. The molecular weight excluding hydrogens is 259 g/mol. The average molecular weight is 274 g/mol. The fourth-order valence-corrected chi connectivity index (χ4v) is 2.40. The predicted octanol–water partition coefficient (Wildman–Crippen LogP) is 3.28. The average Bonchev–Trinajstić information content (AvgIpc) is 3.05. The Labute approximate surface area is 115 Å². The summed E-state index contributed by atoms with van der Waals surface area (Å²) in [6, 6.07) is 7.74. The maximum atomic E-state index is 13.2. The molecule has 0 saturated carbocycles. The number of nitrogens with two attached hydrogens (primary N) is 1. The highest BCUT2D eigenvalue weighted by Crippen LogP contribution is 2.30. The second-order valence-electron chi connectivity index (χ2n) is 4.58. The SMILES string of the molecule is CCc1occc1C(NN)c1cc2cc(F)ccc2o1. The van der Waals surface area contributed by atoms with E-state index in [0.717, 1.165) is 17.7 Å². The number of benzene rings is 1. The Kier molecular flexibility index (Phi) is 3.30. The van der Waals surface area contributed by atoms with Crippen LogP contribution in [0.3, 0.4) is 0 Å². The summed E-state index contributed by atoms with van der Waals surface area (Å²) in [4.78, 5) is 0. The van der Waals surface area contributed by atoms with Crippen LogP contribution in [0.5, 0.6) is 0 Å². The highest BCUT2D eigenvalue weighted by atomic mass is 19.1. The normalized spacial score (nSPS) is 12.9. The summed E-state index contributed by atoms with van der Waals surface area (Å²) >= 11 is 0. The maximum absolute atomic E-state index is 13.2. The smallest absolute Gasteiger partial charge is 0.134 e. The minimum atomic E-state index is -0.320. The molecule has 0 spiro atoms. The number of nitrogens with one attached hydrogen (secondary N) is 1. The van der Waals surface area contributed by atoms with E-state index >= 15 is 0 Å². The van der Waals surface area contributed by atoms with Crippen molar-refractivity contribution < 1.29 is 13.2 Å². The molecule has 104 valence electrons. The van der Waals surface area contributed by atoms with Crippen molar-refractivity contribution in [2.75, 3.05) is 0 Å². The summed E-state index contributed by atoms with van der Waals surface area (Å²) < 4.78 is 24.4. The number of rotatable bonds is 4. The van der Waals surface area contributed by atoms with Crippen LogP contribution in [0.15, 0.2) is 45.4 Å². The third kappa shape index (κ3) is 2.11. The van der Waals surface area contributed by atoms with Gasteiger partial charge in [-0.1, -0.05) is 6.92 Å². The first-order valence-corrected chi connectivity index (χ1v) is 6.44. The minimum absolute atomic E-state index is 0.292. The molecule has 3 aromatic rings. The van der Waals surface area contributed by atoms with Crippen molar-refractivity contribution in [3.63, 3.8) is 0 Å². The Morgan fingerprint density at radius 2 is 2.15 bits per heavy atom. The van der Waals surface area contributed by atoms with Crippen molar-refractivity contribution in [1.82, 2.24) is 5.43 Å². The van der Waals surface area contributed by atoms with Gasteiger partial charge in [-0.25, -0.2) is 9.82 Å². The largest absolute Gasteiger partial charge is 0.469 e. The minimum Gasteiger partial charge on any atom is -0.469 e. The van der Waals surface area contributed by atoms with Gasteiger partial charge in [-0.2, -0.15) is 0 Å². The van der Waals surface area contributed by atoms with Crippen molar-refractivity contribution in [1.29, 1.82) is 0 Å². The number of hydrazine groups is 1. The highest BCUT2D eigenvalue weighted by molar-refractivity contribution is 5.78. The Morgan fingerprint density at radius 1 is 1.30 bits per heavy atom. The van der Waals surface area contributed by atoms with E-state index in [1.54, 1.807) is 18.4 Å². The molecule has 5 heteroatoms. The van der Waals surface area contributed by atoms with Crippen LogP contribution < -0.4 is 11.3 Å². The van der Waals surface area contributed by atoms with E-state index in [0.29, 0.717) is 16.7 Å². The lowest BCUT2D eigenvalue weighted by atomic mass is 10.0. The van der Waals surface area contributed by atoms with Gasteiger partial charge in [0.25, 0.3) is 0 Å². The second-order valence-corrected chi connectivity index (χ2v) is 4.58. The Morgan fingerprint density at radius 3 is 2.90 bits per heavy atom. The van der Waals surface area contributed by atoms with Crippen LogP contribution in [-0.4, -0.2) is 0 Å². The molecule has 3 N–H and O–H groups in total. The van der Waals surface area contributed by atoms with Gasteiger partial charge in [-0.05, 0) is 30.3 Å². The number of hydrogen-bond donors (Lipinski definition) is 2. The van der Waals surface area contributed by atoms with Gasteiger partial charge in [-0.3, -0.25) is 5.84 Å². The number of furan rings is 2. The third-order valence-corrected chi connectivity index (χ3v) is 3.36. The molecule has 0 aliphatic rings. The molecular formula is C15H15FN2O2. The first-order chi connectivity index (χ1) is 9.72. The molecule has 20 heavy (non-hydrogen) atoms. The number of halogens is 1. The molecule has 1 atom stereocenters. The molecule has 0 fully saturated rings. The fraction of sp³-hybridized carbons (Fsp3) is 0.200. The molecule has 4 nitrogen and oxygen atoms in total. The monoisotopic (exact) mass is 274 g/mol. The van der Waals surface area contributed by atoms with Crippen LogP contribution in [0.4, 0.5) is 4.39 Å². The molecule has 2 aromatic heterocycles. The molecule has 3 rings (SSSR count). The topological polar surface area (TPSA) is 64.3 Å². The van der Waals surface area contributed by atoms with E-state index < -0.39 is 0 Å². The molecule has 0 amide bonds. The van der Waals surface area contributed by atoms with Gasteiger partial charge in [0.1, 0.15) is 29.0 Å². The third-order valence-electron chi connectivity index (χ3n) is 3.36. The number of hydrogen-bond acceptors (Lipinski definition) is 4. The zero-order valence-electron chi connectivity index (χ0n) is 11.0. The molecule has 0 aliphatic carbocycles. The van der Waals surface area contributed by atoms with E-state index in [4.69, 9.17) is 14.7 Å². The van der Waals surface area contributed by atoms with Crippen molar-refractivity contribution in [2.24, 2.45) is 5.84 Å². The summed E-state index contributed by atoms with van der Waals surface area (Å²) in [6.45, 7) is 2.00. The van der Waals surface area contributed by atoms with Gasteiger partial charge in [0.2, 0.25) is 0 Å². The zero-order valence-corrected chi connectivity index (χ0v) is 11.0. The molecule has 1 unspecified atom stereocenters. The van der Waals surface area contributed by atoms with E-state index in [-0.39, 0.29) is 11.9 Å². The predicted molar refractivity (Wildman–Crippen MR) is 73.4 cm³/mol. The van der Waals surface area contributed by atoms with E-state index in [1.807, 2.05) is 13.0 Å². The summed E-state index contributed by atoms with van der Waals surface area (Å²) in [6.07, 6.45) is 2.39. The van der Waals surface area contributed by atoms with Gasteiger partial charge in [0.05, 0.1) is 6.26 Å². The molecule has 0 saturated heterocycles. The van der Waals surface area contributed by atoms with E-state index in [1.165, 1.54) is 12.1 Å². The Bertz CT molecular complexity index is 732. The quantitative estimate of drug-likeness (QED) is 0.566. The first-order valence-electron chi connectivity index (χ1n) is 6.44. The highest BCUT2D eigenvalue weighted by Gasteiger charge is 2.21. The maximum Gasteiger partial charge on any atom is 0.134 e. The molecule has 0 radical (unpaired) electrons. The summed E-state index contributed by atoms with van der Waals surface area (Å²) in [5.41, 5.74) is 4.28. The fourth-order valence-electron chi connectivity index (χ4n) is 2.40. The van der Waals surface area contributed by atoms with Crippen molar-refractivity contribution in [2.45, 2.75) is 19.4 Å². The van der Waals surface area contributed by atoms with Gasteiger partial charge in [0.15, 0.2) is 0 Å². The second kappa shape index (κ2) is 5.11. The van der Waals surface area contributed by atoms with Crippen molar-refractivity contribution in [3.8, 4) is 0 Å². The number of aryl methyl sites for hydroxylation is 1. The van der Waals surface area contributed by atoms with Crippen molar-refractivity contribution >= 4 is 11.0 Å². The van der Waals surface area contributed by atoms with Crippen LogP contribution in [0, 0.1) is 5.82 Å². The lowest BCUT2D eigenvalue weighted by Crippen LogP contribution is -2.28. The van der Waals surface area contributed by atoms with Gasteiger partial charge >= 0.3 is 0 Å². The lowest BCUT2D eigenvalue weighted by molar-refractivity contribution is 0.460. The van der Waals surface area contributed by atoms with Crippen LogP contribution in [0.25, 0.3) is 11.0 Å². The lowest BCUT2D eigenvalue weighted by Gasteiger charge is -2.12. The van der Waals surface area contributed by atoms with Gasteiger partial charge < -0.3 is 8.83 Å². The Hall–Kier alpha value is -2.11. The van der Waals surface area contributed by atoms with E-state index in [2.05, 4.69) is 5.43 Å². The zero-order chi connectivity index (χ0) is 14.1. The molecule has 0 aliphatic heterocycles. The standard InChI is InChI=1S/C15H15FN2O2/c1-2-12-11(5-6-19-12)15(18-17)14-8-9-7-10(16)3-4-13(9)20-14/h3-8,15,18H,2,17H2,1H3. The molecule has 2 heterocycles. The van der Waals surface area contributed by atoms with Crippen LogP contribution in [0.1, 0.15) is 30.0 Å². The van der Waals surface area contributed by atoms with E-state index in [9.17, 15) is 4.39 Å². The summed E-state index contributed by atoms with van der Waals surface area (Å²) in [5.74, 6) is 6.83. The van der Waals surface area contributed by atoms with Crippen molar-refractivity contribution in [3.05, 3.63) is 59.5 Å². The van der Waals surface area contributed by atoms with Gasteiger partial charge in [-0.15, -0.1) is 0 Å². The Balaban J connectivity index is 2.07. The summed E-state index contributed by atoms with van der Waals surface area (Å²) in [7, 11) is 0. The van der Waals surface area contributed by atoms with Crippen LogP contribution in [-0.2, 0) is 6.42 Å². The number of fused-ring (bicyclic) bond motifs is 1.